The number of hydrogen-bond acceptors (Lipinski definition) is 5. The van der Waals surface area contributed by atoms with Gasteiger partial charge in [-0.1, -0.05) is 48.0 Å². The van der Waals surface area contributed by atoms with Crippen LogP contribution in [0.3, 0.4) is 0 Å². The van der Waals surface area contributed by atoms with E-state index in [-0.39, 0.29) is 16.2 Å². The Morgan fingerprint density at radius 3 is 2.20 bits per heavy atom. The Morgan fingerprint density at radius 1 is 0.967 bits per heavy atom. The van der Waals surface area contributed by atoms with Crippen molar-refractivity contribution in [1.29, 1.82) is 5.26 Å². The van der Waals surface area contributed by atoms with E-state index >= 15 is 0 Å². The summed E-state index contributed by atoms with van der Waals surface area (Å²) in [4.78, 5) is 12.4. The fourth-order valence-corrected chi connectivity index (χ4v) is 3.48. The maximum Gasteiger partial charge on any atom is 0.339 e. The van der Waals surface area contributed by atoms with E-state index in [1.54, 1.807) is 42.5 Å². The van der Waals surface area contributed by atoms with Crippen molar-refractivity contribution in [2.24, 2.45) is 0 Å². The van der Waals surface area contributed by atoms with E-state index in [1.165, 1.54) is 30.3 Å². The fraction of sp³-hybridized carbons (Fsp3) is 0.0435. The highest BCUT2D eigenvalue weighted by molar-refractivity contribution is 7.87. The van der Waals surface area contributed by atoms with Crippen LogP contribution in [0.4, 0.5) is 5.69 Å². The van der Waals surface area contributed by atoms with Crippen LogP contribution in [0.25, 0.3) is 6.08 Å². The zero-order valence-electron chi connectivity index (χ0n) is 16.1. The maximum absolute atomic E-state index is 12.3. The van der Waals surface area contributed by atoms with Crippen LogP contribution in [-0.2, 0) is 14.9 Å². The van der Waals surface area contributed by atoms with Gasteiger partial charge in [0.05, 0.1) is 0 Å². The van der Waals surface area contributed by atoms with Crippen LogP contribution in [0.5, 0.6) is 5.75 Å². The Balaban J connectivity index is 1.73. The smallest absolute Gasteiger partial charge is 0.339 e. The maximum atomic E-state index is 12.3. The Hall–Kier alpha value is -3.89. The largest absolute Gasteiger partial charge is 0.379 e. The van der Waals surface area contributed by atoms with E-state index in [0.29, 0.717) is 11.3 Å². The molecule has 0 saturated heterocycles. The molecule has 6 nitrogen and oxygen atoms in total. The van der Waals surface area contributed by atoms with Crippen molar-refractivity contribution in [1.82, 2.24) is 0 Å². The van der Waals surface area contributed by atoms with Crippen molar-refractivity contribution >= 4 is 27.8 Å². The quantitative estimate of drug-likeness (QED) is 0.366. The number of nitriles is 1. The summed E-state index contributed by atoms with van der Waals surface area (Å²) in [6.45, 7) is 1.94. The zero-order valence-corrected chi connectivity index (χ0v) is 16.9. The molecule has 3 aromatic carbocycles. The summed E-state index contributed by atoms with van der Waals surface area (Å²) in [5, 5.41) is 12.0. The summed E-state index contributed by atoms with van der Waals surface area (Å²) in [6.07, 6.45) is 1.42. The molecule has 3 rings (SSSR count). The van der Waals surface area contributed by atoms with Gasteiger partial charge in [-0.05, 0) is 55.0 Å². The number of amides is 1. The molecule has 30 heavy (non-hydrogen) atoms. The van der Waals surface area contributed by atoms with Gasteiger partial charge in [0.15, 0.2) is 0 Å². The van der Waals surface area contributed by atoms with Gasteiger partial charge in [0, 0.05) is 5.69 Å². The van der Waals surface area contributed by atoms with Crippen molar-refractivity contribution in [3.63, 3.8) is 0 Å². The van der Waals surface area contributed by atoms with Gasteiger partial charge in [0.1, 0.15) is 22.3 Å². The van der Waals surface area contributed by atoms with Gasteiger partial charge in [-0.15, -0.1) is 0 Å². The lowest BCUT2D eigenvalue weighted by atomic mass is 10.1. The minimum Gasteiger partial charge on any atom is -0.379 e. The molecular weight excluding hydrogens is 400 g/mol. The average Bonchev–Trinajstić information content (AvgIpc) is 2.75. The van der Waals surface area contributed by atoms with Gasteiger partial charge >= 0.3 is 10.1 Å². The van der Waals surface area contributed by atoms with E-state index in [0.717, 1.165) is 5.56 Å². The van der Waals surface area contributed by atoms with Gasteiger partial charge in [-0.25, -0.2) is 0 Å². The van der Waals surface area contributed by atoms with Crippen LogP contribution in [0.1, 0.15) is 11.1 Å². The van der Waals surface area contributed by atoms with E-state index in [9.17, 15) is 18.5 Å². The molecule has 150 valence electrons. The molecule has 0 heterocycles. The van der Waals surface area contributed by atoms with Crippen molar-refractivity contribution in [3.8, 4) is 11.8 Å². The summed E-state index contributed by atoms with van der Waals surface area (Å²) in [6, 6.07) is 22.9. The van der Waals surface area contributed by atoms with E-state index in [1.807, 2.05) is 25.1 Å². The molecule has 0 atom stereocenters. The molecule has 0 fully saturated rings. The molecule has 0 bridgehead atoms. The summed E-state index contributed by atoms with van der Waals surface area (Å²) in [7, 11) is -3.94. The fourth-order valence-electron chi connectivity index (χ4n) is 2.53. The standard InChI is InChI=1S/C23H18N2O4S/c1-17-7-11-20(12-8-17)25-23(26)19(16-24)15-18-9-13-21(14-10-18)29-30(27,28)22-5-3-2-4-6-22/h2-15H,1H3,(H,25,26)/b19-15+. The van der Waals surface area contributed by atoms with Crippen LogP contribution < -0.4 is 9.50 Å². The zero-order chi connectivity index (χ0) is 21.6. The molecule has 1 amide bonds. The van der Waals surface area contributed by atoms with Crippen LogP contribution in [0.15, 0.2) is 89.3 Å². The van der Waals surface area contributed by atoms with Crippen molar-refractivity contribution in [2.45, 2.75) is 11.8 Å². The predicted molar refractivity (Wildman–Crippen MR) is 114 cm³/mol. The molecule has 0 aromatic heterocycles. The first-order valence-electron chi connectivity index (χ1n) is 8.97. The number of nitrogens with zero attached hydrogens (tertiary/aromatic N) is 1. The number of carbonyl (C=O) groups is 1. The number of anilines is 1. The second-order valence-corrected chi connectivity index (χ2v) is 7.96. The van der Waals surface area contributed by atoms with Crippen LogP contribution >= 0.6 is 0 Å². The highest BCUT2D eigenvalue weighted by Gasteiger charge is 2.16. The molecule has 1 N–H and O–H groups in total. The number of nitrogens with one attached hydrogen (secondary N) is 1. The summed E-state index contributed by atoms with van der Waals surface area (Å²) in [5.74, 6) is -0.410. The minimum atomic E-state index is -3.94. The predicted octanol–water partition coefficient (Wildman–Crippen LogP) is 4.31. The lowest BCUT2D eigenvalue weighted by Gasteiger charge is -2.07. The molecule has 0 unspecified atom stereocenters. The third-order valence-electron chi connectivity index (χ3n) is 4.10. The lowest BCUT2D eigenvalue weighted by Crippen LogP contribution is -2.13. The number of rotatable bonds is 6. The average molecular weight is 418 g/mol. The summed E-state index contributed by atoms with van der Waals surface area (Å²) < 4.78 is 29.6. The normalized spacial score (nSPS) is 11.4. The SMILES string of the molecule is Cc1ccc(NC(=O)/C(C#N)=C/c2ccc(OS(=O)(=O)c3ccccc3)cc2)cc1. The highest BCUT2D eigenvalue weighted by Crippen LogP contribution is 2.20. The first-order valence-corrected chi connectivity index (χ1v) is 10.4. The van der Waals surface area contributed by atoms with Crippen LogP contribution in [0, 0.1) is 18.3 Å². The Morgan fingerprint density at radius 2 is 1.60 bits per heavy atom. The summed E-state index contributed by atoms with van der Waals surface area (Å²) in [5.41, 5.74) is 2.11. The van der Waals surface area contributed by atoms with Gasteiger partial charge in [0.25, 0.3) is 5.91 Å². The molecule has 0 aliphatic carbocycles. The van der Waals surface area contributed by atoms with Gasteiger partial charge in [-0.3, -0.25) is 4.79 Å². The van der Waals surface area contributed by atoms with Crippen molar-refractivity contribution < 1.29 is 17.4 Å². The van der Waals surface area contributed by atoms with Crippen molar-refractivity contribution in [2.75, 3.05) is 5.32 Å². The van der Waals surface area contributed by atoms with E-state index < -0.39 is 16.0 Å². The Labute approximate surface area is 175 Å². The second kappa shape index (κ2) is 9.07. The molecule has 0 saturated carbocycles. The molecular formula is C23H18N2O4S. The number of aryl methyl sites for hydroxylation is 1. The minimum absolute atomic E-state index is 0.0496. The van der Waals surface area contributed by atoms with Gasteiger partial charge < -0.3 is 9.50 Å². The third kappa shape index (κ3) is 5.34. The summed E-state index contributed by atoms with van der Waals surface area (Å²) >= 11 is 0. The molecule has 0 aliphatic rings. The number of carbonyl (C=O) groups excluding carboxylic acids is 1. The number of hydrogen-bond donors (Lipinski definition) is 1. The first kappa shape index (κ1) is 20.8. The highest BCUT2D eigenvalue weighted by atomic mass is 32.2. The molecule has 0 spiro atoms. The second-order valence-electron chi connectivity index (χ2n) is 6.41. The van der Waals surface area contributed by atoms with Gasteiger partial charge in [-0.2, -0.15) is 13.7 Å². The van der Waals surface area contributed by atoms with E-state index in [2.05, 4.69) is 5.32 Å². The number of benzene rings is 3. The molecule has 7 heteroatoms. The lowest BCUT2D eigenvalue weighted by molar-refractivity contribution is -0.112. The molecule has 0 radical (unpaired) electrons. The van der Waals surface area contributed by atoms with Gasteiger partial charge in [0.2, 0.25) is 0 Å². The topological polar surface area (TPSA) is 96.3 Å². The molecule has 0 aliphatic heterocycles. The van der Waals surface area contributed by atoms with Crippen molar-refractivity contribution in [3.05, 3.63) is 95.6 Å². The Kier molecular flexibility index (Phi) is 6.30. The Bertz CT molecular complexity index is 1210. The monoisotopic (exact) mass is 418 g/mol. The van der Waals surface area contributed by atoms with E-state index in [4.69, 9.17) is 4.18 Å². The first-order chi connectivity index (χ1) is 14.4. The van der Waals surface area contributed by atoms with Crippen LogP contribution in [0.2, 0.25) is 0 Å². The third-order valence-corrected chi connectivity index (χ3v) is 5.36. The molecule has 3 aromatic rings. The van der Waals surface area contributed by atoms with Crippen LogP contribution in [-0.4, -0.2) is 14.3 Å².